The summed E-state index contributed by atoms with van der Waals surface area (Å²) in [7, 11) is 1.42. The highest BCUT2D eigenvalue weighted by atomic mass is 16.5. The molecule has 1 fully saturated rings. The fraction of sp³-hybridized carbons (Fsp3) is 0.818. The van der Waals surface area contributed by atoms with Gasteiger partial charge in [0.2, 0.25) is 5.91 Å². The number of carbonyl (C=O) groups excluding carboxylic acids is 1. The Morgan fingerprint density at radius 1 is 1.50 bits per heavy atom. The molecule has 0 bridgehead atoms. The van der Waals surface area contributed by atoms with Gasteiger partial charge in [0.25, 0.3) is 0 Å². The van der Waals surface area contributed by atoms with Crippen LogP contribution in [0.2, 0.25) is 0 Å². The van der Waals surface area contributed by atoms with Crippen LogP contribution in [0.15, 0.2) is 0 Å². The van der Waals surface area contributed by atoms with E-state index in [0.717, 1.165) is 12.8 Å². The predicted octanol–water partition coefficient (Wildman–Crippen LogP) is 0.782. The van der Waals surface area contributed by atoms with Crippen molar-refractivity contribution in [1.29, 1.82) is 0 Å². The first-order valence-electron chi connectivity index (χ1n) is 5.51. The van der Waals surface area contributed by atoms with Crippen LogP contribution in [0.5, 0.6) is 0 Å². The van der Waals surface area contributed by atoms with Gasteiger partial charge in [0.15, 0.2) is 5.54 Å². The van der Waals surface area contributed by atoms with Crippen molar-refractivity contribution in [2.45, 2.75) is 38.1 Å². The van der Waals surface area contributed by atoms with Gasteiger partial charge in [-0.1, -0.05) is 6.42 Å². The monoisotopic (exact) mass is 229 g/mol. The van der Waals surface area contributed by atoms with E-state index in [1.807, 2.05) is 0 Å². The number of carboxylic acids is 1. The van der Waals surface area contributed by atoms with Gasteiger partial charge < -0.3 is 15.2 Å². The third kappa shape index (κ3) is 3.20. The van der Waals surface area contributed by atoms with Gasteiger partial charge >= 0.3 is 5.97 Å². The van der Waals surface area contributed by atoms with Crippen LogP contribution in [0.4, 0.5) is 0 Å². The number of aliphatic carboxylic acids is 1. The van der Waals surface area contributed by atoms with E-state index in [1.54, 1.807) is 0 Å². The second-order valence-electron chi connectivity index (χ2n) is 4.62. The van der Waals surface area contributed by atoms with E-state index in [1.165, 1.54) is 20.5 Å². The van der Waals surface area contributed by atoms with Crippen molar-refractivity contribution in [2.75, 3.05) is 13.7 Å². The lowest BCUT2D eigenvalue weighted by atomic mass is 9.82. The summed E-state index contributed by atoms with van der Waals surface area (Å²) >= 11 is 0. The zero-order chi connectivity index (χ0) is 12.2. The zero-order valence-electron chi connectivity index (χ0n) is 9.78. The van der Waals surface area contributed by atoms with Gasteiger partial charge in [-0.05, 0) is 25.7 Å². The van der Waals surface area contributed by atoms with E-state index < -0.39 is 11.5 Å². The van der Waals surface area contributed by atoms with Crippen molar-refractivity contribution < 1.29 is 19.4 Å². The Balaban J connectivity index is 2.46. The molecule has 1 aliphatic carbocycles. The van der Waals surface area contributed by atoms with Gasteiger partial charge in [-0.25, -0.2) is 4.79 Å². The van der Waals surface area contributed by atoms with Crippen LogP contribution < -0.4 is 5.32 Å². The first-order chi connectivity index (χ1) is 7.48. The number of hydrogen-bond donors (Lipinski definition) is 2. The van der Waals surface area contributed by atoms with Crippen LogP contribution in [-0.4, -0.2) is 36.2 Å². The lowest BCUT2D eigenvalue weighted by Gasteiger charge is -2.29. The van der Waals surface area contributed by atoms with Gasteiger partial charge in [-0.15, -0.1) is 0 Å². The van der Waals surface area contributed by atoms with E-state index in [4.69, 9.17) is 9.84 Å². The minimum absolute atomic E-state index is 0.0290. The van der Waals surface area contributed by atoms with Crippen LogP contribution in [-0.2, 0) is 14.3 Å². The molecule has 0 aromatic heterocycles. The molecule has 0 saturated heterocycles. The molecule has 0 heterocycles. The molecule has 2 N–H and O–H groups in total. The highest BCUT2D eigenvalue weighted by Gasteiger charge is 2.35. The quantitative estimate of drug-likeness (QED) is 0.705. The first kappa shape index (κ1) is 13.0. The Labute approximate surface area is 95.2 Å². The summed E-state index contributed by atoms with van der Waals surface area (Å²) < 4.78 is 4.82. The SMILES string of the molecule is COCC(C)(NC(=O)CC1CCC1)C(=O)O. The number of carboxylic acid groups (broad SMARTS) is 1. The van der Waals surface area contributed by atoms with Crippen molar-refractivity contribution in [3.8, 4) is 0 Å². The molecule has 0 aromatic rings. The summed E-state index contributed by atoms with van der Waals surface area (Å²) in [5, 5.41) is 11.6. The fourth-order valence-electron chi connectivity index (χ4n) is 1.76. The number of carbonyl (C=O) groups is 2. The highest BCUT2D eigenvalue weighted by Crippen LogP contribution is 2.29. The van der Waals surface area contributed by atoms with Crippen LogP contribution in [0.1, 0.15) is 32.6 Å². The second-order valence-corrected chi connectivity index (χ2v) is 4.62. The number of methoxy groups -OCH3 is 1. The van der Waals surface area contributed by atoms with Crippen molar-refractivity contribution in [1.82, 2.24) is 5.32 Å². The topological polar surface area (TPSA) is 75.6 Å². The third-order valence-electron chi connectivity index (χ3n) is 3.02. The Hall–Kier alpha value is -1.10. The Kier molecular flexibility index (Phi) is 4.29. The molecule has 92 valence electrons. The smallest absolute Gasteiger partial charge is 0.331 e. The number of rotatable bonds is 6. The molecular formula is C11H19NO4. The van der Waals surface area contributed by atoms with E-state index in [9.17, 15) is 9.59 Å². The lowest BCUT2D eigenvalue weighted by molar-refractivity contribution is -0.149. The van der Waals surface area contributed by atoms with E-state index in [0.29, 0.717) is 12.3 Å². The molecule has 1 saturated carbocycles. The summed E-state index contributed by atoms with van der Waals surface area (Å²) in [5.74, 6) is -0.844. The second kappa shape index (κ2) is 5.30. The highest BCUT2D eigenvalue weighted by molar-refractivity contribution is 5.86. The largest absolute Gasteiger partial charge is 0.479 e. The molecule has 0 aliphatic heterocycles. The van der Waals surface area contributed by atoms with E-state index in [-0.39, 0.29) is 12.5 Å². The van der Waals surface area contributed by atoms with E-state index >= 15 is 0 Å². The molecule has 1 amide bonds. The molecule has 0 spiro atoms. The number of hydrogen-bond acceptors (Lipinski definition) is 3. The first-order valence-corrected chi connectivity index (χ1v) is 5.51. The van der Waals surface area contributed by atoms with Crippen molar-refractivity contribution in [3.05, 3.63) is 0 Å². The van der Waals surface area contributed by atoms with E-state index in [2.05, 4.69) is 5.32 Å². The maximum Gasteiger partial charge on any atom is 0.331 e. The molecule has 0 aromatic carbocycles. The number of ether oxygens (including phenoxy) is 1. The predicted molar refractivity (Wildman–Crippen MR) is 58.0 cm³/mol. The standard InChI is InChI=1S/C11H19NO4/c1-11(7-16-2,10(14)15)12-9(13)6-8-4-3-5-8/h8H,3-7H2,1-2H3,(H,12,13)(H,14,15). The molecule has 5 nitrogen and oxygen atoms in total. The van der Waals surface area contributed by atoms with Crippen LogP contribution in [0.3, 0.4) is 0 Å². The maximum atomic E-state index is 11.6. The molecule has 1 unspecified atom stereocenters. The fourth-order valence-corrected chi connectivity index (χ4v) is 1.76. The molecule has 1 atom stereocenters. The molecule has 5 heteroatoms. The van der Waals surface area contributed by atoms with Gasteiger partial charge in [-0.2, -0.15) is 0 Å². The normalized spacial score (nSPS) is 19.6. The molecule has 1 rings (SSSR count). The number of amides is 1. The third-order valence-corrected chi connectivity index (χ3v) is 3.02. The zero-order valence-corrected chi connectivity index (χ0v) is 9.78. The molecule has 1 aliphatic rings. The Bertz CT molecular complexity index is 275. The van der Waals surface area contributed by atoms with Gasteiger partial charge in [0, 0.05) is 13.5 Å². The van der Waals surface area contributed by atoms with Crippen molar-refractivity contribution in [2.24, 2.45) is 5.92 Å². The van der Waals surface area contributed by atoms with Crippen LogP contribution in [0, 0.1) is 5.92 Å². The molecule has 16 heavy (non-hydrogen) atoms. The van der Waals surface area contributed by atoms with Crippen LogP contribution >= 0.6 is 0 Å². The van der Waals surface area contributed by atoms with Crippen LogP contribution in [0.25, 0.3) is 0 Å². The molecular weight excluding hydrogens is 210 g/mol. The summed E-state index contributed by atoms with van der Waals surface area (Å²) in [4.78, 5) is 22.6. The maximum absolute atomic E-state index is 11.6. The summed E-state index contributed by atoms with van der Waals surface area (Å²) in [5.41, 5.74) is -1.32. The van der Waals surface area contributed by atoms with Gasteiger partial charge in [0.05, 0.1) is 6.61 Å². The van der Waals surface area contributed by atoms with Crippen molar-refractivity contribution in [3.63, 3.8) is 0 Å². The lowest BCUT2D eigenvalue weighted by Crippen LogP contribution is -2.55. The van der Waals surface area contributed by atoms with Gasteiger partial charge in [-0.3, -0.25) is 4.79 Å². The average molecular weight is 229 g/mol. The Morgan fingerprint density at radius 2 is 2.12 bits per heavy atom. The number of nitrogens with one attached hydrogen (secondary N) is 1. The summed E-state index contributed by atoms with van der Waals surface area (Å²) in [6, 6.07) is 0. The summed E-state index contributed by atoms with van der Waals surface area (Å²) in [6.07, 6.45) is 3.74. The summed E-state index contributed by atoms with van der Waals surface area (Å²) in [6.45, 7) is 1.43. The minimum atomic E-state index is -1.32. The Morgan fingerprint density at radius 3 is 2.50 bits per heavy atom. The molecule has 0 radical (unpaired) electrons. The average Bonchev–Trinajstić information content (AvgIpc) is 2.11. The minimum Gasteiger partial charge on any atom is -0.479 e. The van der Waals surface area contributed by atoms with Gasteiger partial charge in [0.1, 0.15) is 0 Å². The van der Waals surface area contributed by atoms with Crippen molar-refractivity contribution >= 4 is 11.9 Å².